The third-order valence-electron chi connectivity index (χ3n) is 4.64. The summed E-state index contributed by atoms with van der Waals surface area (Å²) in [5, 5.41) is 11.3. The minimum atomic E-state index is -3.37. The largest absolute Gasteiger partial charge is 0.368 e. The van der Waals surface area contributed by atoms with Gasteiger partial charge in [-0.2, -0.15) is 9.40 Å². The van der Waals surface area contributed by atoms with Gasteiger partial charge in [0.15, 0.2) is 0 Å². The molecule has 0 aliphatic carbocycles. The van der Waals surface area contributed by atoms with Gasteiger partial charge in [0, 0.05) is 19.6 Å². The van der Waals surface area contributed by atoms with E-state index in [-0.39, 0.29) is 0 Å². The van der Waals surface area contributed by atoms with E-state index in [1.807, 2.05) is 31.2 Å². The molecule has 1 saturated heterocycles. The lowest BCUT2D eigenvalue weighted by molar-refractivity contribution is 0.423. The van der Waals surface area contributed by atoms with E-state index in [4.69, 9.17) is 0 Å². The van der Waals surface area contributed by atoms with Crippen molar-refractivity contribution in [2.75, 3.05) is 25.0 Å². The molecule has 0 saturated carbocycles. The number of nitrogens with one attached hydrogen (secondary N) is 1. The highest BCUT2D eigenvalue weighted by atomic mass is 32.2. The maximum atomic E-state index is 12.8. The van der Waals surface area contributed by atoms with Gasteiger partial charge in [-0.15, -0.1) is 5.10 Å². The minimum absolute atomic E-state index is 0.389. The zero-order valence-corrected chi connectivity index (χ0v) is 16.0. The molecular formula is C19H26N4O2S. The SMILES string of the molecule is Cc1ccc(NCCc2ccc(S(=O)(=O)N3CCCCCC3)cc2)nn1. The first-order valence-electron chi connectivity index (χ1n) is 9.19. The van der Waals surface area contributed by atoms with Gasteiger partial charge in [-0.3, -0.25) is 0 Å². The fraction of sp³-hybridized carbons (Fsp3) is 0.474. The Bertz CT molecular complexity index is 796. The van der Waals surface area contributed by atoms with Crippen LogP contribution in [0.5, 0.6) is 0 Å². The molecule has 1 aliphatic rings. The number of anilines is 1. The maximum absolute atomic E-state index is 12.8. The number of hydrogen-bond donors (Lipinski definition) is 1. The average Bonchev–Trinajstić information content (AvgIpc) is 2.94. The van der Waals surface area contributed by atoms with Crippen LogP contribution in [-0.4, -0.2) is 42.6 Å². The molecule has 0 amide bonds. The minimum Gasteiger partial charge on any atom is -0.368 e. The summed E-state index contributed by atoms with van der Waals surface area (Å²) in [7, 11) is -3.37. The van der Waals surface area contributed by atoms with Gasteiger partial charge in [-0.05, 0) is 56.0 Å². The molecule has 0 atom stereocenters. The second-order valence-corrected chi connectivity index (χ2v) is 8.64. The zero-order valence-electron chi connectivity index (χ0n) is 15.2. The predicted molar refractivity (Wildman–Crippen MR) is 103 cm³/mol. The number of nitrogens with zero attached hydrogens (tertiary/aromatic N) is 3. The molecule has 1 fully saturated rings. The van der Waals surface area contributed by atoms with Gasteiger partial charge in [0.25, 0.3) is 0 Å². The first kappa shape index (κ1) is 18.8. The van der Waals surface area contributed by atoms with E-state index in [9.17, 15) is 8.42 Å². The summed E-state index contributed by atoms with van der Waals surface area (Å²) in [5.74, 6) is 0.746. The standard InChI is InChI=1S/C19H26N4O2S/c1-16-6-11-19(22-21-16)20-13-12-17-7-9-18(10-8-17)26(24,25)23-14-4-2-3-5-15-23/h6-11H,2-5,12-15H2,1H3,(H,20,22). The van der Waals surface area contributed by atoms with Gasteiger partial charge >= 0.3 is 0 Å². The molecular weight excluding hydrogens is 348 g/mol. The number of aryl methyl sites for hydroxylation is 1. The van der Waals surface area contributed by atoms with Crippen LogP contribution in [0, 0.1) is 6.92 Å². The lowest BCUT2D eigenvalue weighted by Crippen LogP contribution is -2.31. The van der Waals surface area contributed by atoms with Crippen LogP contribution < -0.4 is 5.32 Å². The molecule has 0 unspecified atom stereocenters. The van der Waals surface area contributed by atoms with Gasteiger partial charge in [0.05, 0.1) is 10.6 Å². The molecule has 0 bridgehead atoms. The monoisotopic (exact) mass is 374 g/mol. The van der Waals surface area contributed by atoms with Crippen molar-refractivity contribution in [1.29, 1.82) is 0 Å². The number of sulfonamides is 1. The molecule has 2 aromatic rings. The Hall–Kier alpha value is -1.99. The fourth-order valence-corrected chi connectivity index (χ4v) is 4.60. The molecule has 6 nitrogen and oxygen atoms in total. The van der Waals surface area contributed by atoms with Crippen LogP contribution in [0.25, 0.3) is 0 Å². The molecule has 1 N–H and O–H groups in total. The van der Waals surface area contributed by atoms with Crippen LogP contribution in [0.4, 0.5) is 5.82 Å². The van der Waals surface area contributed by atoms with E-state index in [0.717, 1.165) is 55.7 Å². The fourth-order valence-electron chi connectivity index (χ4n) is 3.09. The van der Waals surface area contributed by atoms with E-state index in [1.54, 1.807) is 16.4 Å². The molecule has 7 heteroatoms. The molecule has 0 radical (unpaired) electrons. The average molecular weight is 375 g/mol. The third kappa shape index (κ3) is 4.80. The smallest absolute Gasteiger partial charge is 0.243 e. The van der Waals surface area contributed by atoms with Crippen molar-refractivity contribution < 1.29 is 8.42 Å². The van der Waals surface area contributed by atoms with Gasteiger partial charge in [-0.1, -0.05) is 25.0 Å². The third-order valence-corrected chi connectivity index (χ3v) is 6.56. The van der Waals surface area contributed by atoms with Crippen molar-refractivity contribution in [1.82, 2.24) is 14.5 Å². The topological polar surface area (TPSA) is 75.2 Å². The van der Waals surface area contributed by atoms with E-state index >= 15 is 0 Å². The Kier molecular flexibility index (Phi) is 6.21. The highest BCUT2D eigenvalue weighted by Crippen LogP contribution is 2.20. The molecule has 2 heterocycles. The van der Waals surface area contributed by atoms with Crippen LogP contribution in [0.3, 0.4) is 0 Å². The maximum Gasteiger partial charge on any atom is 0.243 e. The van der Waals surface area contributed by atoms with Crippen molar-refractivity contribution in [2.24, 2.45) is 0 Å². The van der Waals surface area contributed by atoms with Crippen LogP contribution >= 0.6 is 0 Å². The molecule has 1 aromatic heterocycles. The number of hydrogen-bond acceptors (Lipinski definition) is 5. The van der Waals surface area contributed by atoms with Gasteiger partial charge in [-0.25, -0.2) is 8.42 Å². The van der Waals surface area contributed by atoms with E-state index < -0.39 is 10.0 Å². The number of benzene rings is 1. The Morgan fingerprint density at radius 3 is 2.27 bits per heavy atom. The summed E-state index contributed by atoms with van der Waals surface area (Å²) in [6.07, 6.45) is 4.92. The van der Waals surface area contributed by atoms with Crippen molar-refractivity contribution >= 4 is 15.8 Å². The summed E-state index contributed by atoms with van der Waals surface area (Å²) in [6, 6.07) is 11.1. The number of rotatable bonds is 6. The van der Waals surface area contributed by atoms with E-state index in [2.05, 4.69) is 15.5 Å². The number of aromatic nitrogens is 2. The summed E-state index contributed by atoms with van der Waals surface area (Å²) in [5.41, 5.74) is 1.98. The van der Waals surface area contributed by atoms with Gasteiger partial charge in [0.2, 0.25) is 10.0 Å². The summed E-state index contributed by atoms with van der Waals surface area (Å²) < 4.78 is 27.2. The lowest BCUT2D eigenvalue weighted by atomic mass is 10.1. The van der Waals surface area contributed by atoms with Crippen molar-refractivity contribution in [3.8, 4) is 0 Å². The molecule has 1 aliphatic heterocycles. The highest BCUT2D eigenvalue weighted by Gasteiger charge is 2.24. The van der Waals surface area contributed by atoms with E-state index in [0.29, 0.717) is 18.0 Å². The molecule has 140 valence electrons. The van der Waals surface area contributed by atoms with Crippen LogP contribution in [0.2, 0.25) is 0 Å². The van der Waals surface area contributed by atoms with Crippen LogP contribution in [0.1, 0.15) is 36.9 Å². The zero-order chi connectivity index (χ0) is 18.4. The Morgan fingerprint density at radius 1 is 0.962 bits per heavy atom. The second-order valence-electron chi connectivity index (χ2n) is 6.70. The van der Waals surface area contributed by atoms with Gasteiger partial charge < -0.3 is 5.32 Å². The Labute approximate surface area is 155 Å². The van der Waals surface area contributed by atoms with Crippen molar-refractivity contribution in [3.63, 3.8) is 0 Å². The molecule has 26 heavy (non-hydrogen) atoms. The van der Waals surface area contributed by atoms with Crippen molar-refractivity contribution in [3.05, 3.63) is 47.7 Å². The molecule has 0 spiro atoms. The predicted octanol–water partition coefficient (Wildman–Crippen LogP) is 3.00. The highest BCUT2D eigenvalue weighted by molar-refractivity contribution is 7.89. The van der Waals surface area contributed by atoms with Crippen molar-refractivity contribution in [2.45, 2.75) is 43.9 Å². The van der Waals surface area contributed by atoms with Crippen LogP contribution in [0.15, 0.2) is 41.3 Å². The quantitative estimate of drug-likeness (QED) is 0.841. The first-order valence-corrected chi connectivity index (χ1v) is 10.6. The Morgan fingerprint density at radius 2 is 1.65 bits per heavy atom. The first-order chi connectivity index (χ1) is 12.6. The Balaban J connectivity index is 1.58. The normalized spacial score (nSPS) is 16.2. The molecule has 3 rings (SSSR count). The van der Waals surface area contributed by atoms with E-state index in [1.165, 1.54) is 0 Å². The summed E-state index contributed by atoms with van der Waals surface area (Å²) in [6.45, 7) is 3.88. The summed E-state index contributed by atoms with van der Waals surface area (Å²) in [4.78, 5) is 0.389. The van der Waals surface area contributed by atoms with Gasteiger partial charge in [0.1, 0.15) is 5.82 Å². The van der Waals surface area contributed by atoms with Crippen LogP contribution in [-0.2, 0) is 16.4 Å². The second kappa shape index (κ2) is 8.60. The summed E-state index contributed by atoms with van der Waals surface area (Å²) >= 11 is 0. The molecule has 1 aromatic carbocycles. The lowest BCUT2D eigenvalue weighted by Gasteiger charge is -2.20.